The number of fused-ring (bicyclic) bond motifs is 1. The third kappa shape index (κ3) is 1.44. The quantitative estimate of drug-likeness (QED) is 0.769. The van der Waals surface area contributed by atoms with Crippen LogP contribution < -0.4 is 4.74 Å². The average molecular weight is 226 g/mol. The number of hydrogen-bond donors (Lipinski definition) is 2. The van der Waals surface area contributed by atoms with Gasteiger partial charge in [-0.1, -0.05) is 0 Å². The minimum atomic E-state index is 0.189. The summed E-state index contributed by atoms with van der Waals surface area (Å²) >= 11 is 5.86. The van der Waals surface area contributed by atoms with Crippen LogP contribution in [0.4, 0.5) is 0 Å². The second kappa shape index (κ2) is 3.71. The van der Waals surface area contributed by atoms with E-state index in [0.29, 0.717) is 12.4 Å². The van der Waals surface area contributed by atoms with E-state index >= 15 is 0 Å². The van der Waals surface area contributed by atoms with Crippen LogP contribution in [-0.4, -0.2) is 11.7 Å². The topological polar surface area (TPSA) is 29.5 Å². The first-order valence-corrected chi connectivity index (χ1v) is 5.61. The second-order valence-electron chi connectivity index (χ2n) is 2.84. The Morgan fingerprint density at radius 2 is 2.29 bits per heavy atom. The third-order valence-electron chi connectivity index (χ3n) is 1.94. The highest BCUT2D eigenvalue weighted by molar-refractivity contribution is 7.80. The molecule has 1 N–H and O–H groups in total. The Hall–Kier alpha value is -0.870. The monoisotopic (exact) mass is 226 g/mol. The molecule has 0 saturated carbocycles. The third-order valence-corrected chi connectivity index (χ3v) is 3.48. The molecule has 0 aliphatic rings. The Morgan fingerprint density at radius 3 is 3.00 bits per heavy atom. The summed E-state index contributed by atoms with van der Waals surface area (Å²) in [6.45, 7) is 2.44. The summed E-state index contributed by atoms with van der Waals surface area (Å²) in [6.07, 6.45) is 0. The maximum Gasteiger partial charge on any atom is 0.178 e. The number of ether oxygens (including phenoxy) is 1. The number of thiophene rings is 1. The van der Waals surface area contributed by atoms with E-state index in [1.165, 1.54) is 11.3 Å². The summed E-state index contributed by atoms with van der Waals surface area (Å²) in [5, 5.41) is 12.6. The first kappa shape index (κ1) is 9.68. The Labute approximate surface area is 91.5 Å². The molecule has 74 valence electrons. The van der Waals surface area contributed by atoms with Crippen LogP contribution in [0.25, 0.3) is 10.1 Å². The smallest absolute Gasteiger partial charge is 0.178 e. The molecule has 0 aliphatic heterocycles. The van der Waals surface area contributed by atoms with Crippen LogP contribution in [-0.2, 0) is 0 Å². The van der Waals surface area contributed by atoms with Gasteiger partial charge in [-0.3, -0.25) is 0 Å². The van der Waals surface area contributed by atoms with Crippen LogP contribution in [0.2, 0.25) is 0 Å². The lowest BCUT2D eigenvalue weighted by molar-refractivity contribution is 0.323. The van der Waals surface area contributed by atoms with Gasteiger partial charge in [0.25, 0.3) is 0 Å². The number of benzene rings is 1. The van der Waals surface area contributed by atoms with E-state index in [1.807, 2.05) is 18.4 Å². The standard InChI is InChI=1S/C10H10O2S2/c1-2-12-9-7(11)4-3-6-8(13)5-14-10(6)9/h3-5,11,13H,2H2,1H3. The van der Waals surface area contributed by atoms with Gasteiger partial charge in [-0.2, -0.15) is 0 Å². The number of hydrogen-bond acceptors (Lipinski definition) is 4. The Kier molecular flexibility index (Phi) is 2.56. The highest BCUT2D eigenvalue weighted by Crippen LogP contribution is 2.41. The van der Waals surface area contributed by atoms with Crippen LogP contribution in [0, 0.1) is 0 Å². The number of aromatic hydroxyl groups is 1. The SMILES string of the molecule is CCOc1c(O)ccc2c(S)csc12. The normalized spacial score (nSPS) is 10.7. The van der Waals surface area contributed by atoms with Crippen molar-refractivity contribution < 1.29 is 9.84 Å². The van der Waals surface area contributed by atoms with Crippen molar-refractivity contribution in [2.45, 2.75) is 11.8 Å². The predicted molar refractivity (Wildman–Crippen MR) is 61.9 cm³/mol. The van der Waals surface area contributed by atoms with Crippen LogP contribution >= 0.6 is 24.0 Å². The summed E-state index contributed by atoms with van der Waals surface area (Å²) in [7, 11) is 0. The van der Waals surface area contributed by atoms with E-state index in [2.05, 4.69) is 12.6 Å². The molecule has 0 fully saturated rings. The Bertz CT molecular complexity index is 462. The molecule has 0 amide bonds. The molecule has 1 aromatic carbocycles. The van der Waals surface area contributed by atoms with Crippen molar-refractivity contribution in [2.75, 3.05) is 6.61 Å². The zero-order valence-electron chi connectivity index (χ0n) is 7.65. The van der Waals surface area contributed by atoms with Gasteiger partial charge < -0.3 is 9.84 Å². The molecule has 4 heteroatoms. The zero-order chi connectivity index (χ0) is 10.1. The van der Waals surface area contributed by atoms with Gasteiger partial charge in [0.05, 0.1) is 11.3 Å². The predicted octanol–water partition coefficient (Wildman–Crippen LogP) is 3.29. The van der Waals surface area contributed by atoms with Crippen molar-refractivity contribution in [1.82, 2.24) is 0 Å². The van der Waals surface area contributed by atoms with Crippen molar-refractivity contribution in [1.29, 1.82) is 0 Å². The molecule has 0 atom stereocenters. The Morgan fingerprint density at radius 1 is 1.50 bits per heavy atom. The molecule has 1 heterocycles. The summed E-state index contributed by atoms with van der Waals surface area (Å²) < 4.78 is 6.35. The summed E-state index contributed by atoms with van der Waals surface area (Å²) in [6, 6.07) is 3.49. The highest BCUT2D eigenvalue weighted by atomic mass is 32.1. The summed E-state index contributed by atoms with van der Waals surface area (Å²) in [5.74, 6) is 0.754. The van der Waals surface area contributed by atoms with E-state index in [9.17, 15) is 5.11 Å². The van der Waals surface area contributed by atoms with Gasteiger partial charge in [-0.05, 0) is 19.1 Å². The van der Waals surface area contributed by atoms with Gasteiger partial charge in [0.15, 0.2) is 11.5 Å². The fourth-order valence-electron chi connectivity index (χ4n) is 1.33. The molecule has 2 rings (SSSR count). The van der Waals surface area contributed by atoms with Gasteiger partial charge in [-0.15, -0.1) is 24.0 Å². The van der Waals surface area contributed by atoms with Crippen LogP contribution in [0.1, 0.15) is 6.92 Å². The van der Waals surface area contributed by atoms with Gasteiger partial charge >= 0.3 is 0 Å². The lowest BCUT2D eigenvalue weighted by Gasteiger charge is -2.06. The van der Waals surface area contributed by atoms with Crippen molar-refractivity contribution in [2.24, 2.45) is 0 Å². The van der Waals surface area contributed by atoms with Gasteiger partial charge in [0.1, 0.15) is 0 Å². The van der Waals surface area contributed by atoms with Gasteiger partial charge in [0, 0.05) is 15.7 Å². The van der Waals surface area contributed by atoms with Crippen molar-refractivity contribution in [3.8, 4) is 11.5 Å². The Balaban J connectivity index is 2.70. The molecule has 0 bridgehead atoms. The average Bonchev–Trinajstić information content (AvgIpc) is 2.53. The number of phenols is 1. The molecule has 0 saturated heterocycles. The fraction of sp³-hybridized carbons (Fsp3) is 0.200. The molecule has 0 radical (unpaired) electrons. The maximum atomic E-state index is 9.61. The molecular weight excluding hydrogens is 216 g/mol. The molecule has 2 nitrogen and oxygen atoms in total. The lowest BCUT2D eigenvalue weighted by Crippen LogP contribution is -1.91. The lowest BCUT2D eigenvalue weighted by atomic mass is 10.2. The first-order chi connectivity index (χ1) is 6.74. The molecule has 2 aromatic rings. The van der Waals surface area contributed by atoms with E-state index < -0.39 is 0 Å². The van der Waals surface area contributed by atoms with E-state index in [1.54, 1.807) is 6.07 Å². The van der Waals surface area contributed by atoms with Gasteiger partial charge in [-0.25, -0.2) is 0 Å². The van der Waals surface area contributed by atoms with Crippen LogP contribution in [0.3, 0.4) is 0 Å². The number of rotatable bonds is 2. The van der Waals surface area contributed by atoms with Crippen molar-refractivity contribution in [3.63, 3.8) is 0 Å². The molecule has 14 heavy (non-hydrogen) atoms. The molecule has 0 aliphatic carbocycles. The highest BCUT2D eigenvalue weighted by Gasteiger charge is 2.11. The molecule has 0 spiro atoms. The van der Waals surface area contributed by atoms with Gasteiger partial charge in [0.2, 0.25) is 0 Å². The van der Waals surface area contributed by atoms with Crippen molar-refractivity contribution >= 4 is 34.1 Å². The second-order valence-corrected chi connectivity index (χ2v) is 4.21. The zero-order valence-corrected chi connectivity index (χ0v) is 9.36. The van der Waals surface area contributed by atoms with Crippen LogP contribution in [0.15, 0.2) is 22.4 Å². The fourth-order valence-corrected chi connectivity index (χ4v) is 2.69. The summed E-state index contributed by atoms with van der Waals surface area (Å²) in [4.78, 5) is 0.922. The minimum Gasteiger partial charge on any atom is -0.504 e. The largest absolute Gasteiger partial charge is 0.504 e. The van der Waals surface area contributed by atoms with E-state index in [0.717, 1.165) is 15.0 Å². The van der Waals surface area contributed by atoms with Crippen molar-refractivity contribution in [3.05, 3.63) is 17.5 Å². The molecular formula is C10H10O2S2. The maximum absolute atomic E-state index is 9.61. The number of phenolic OH excluding ortho intramolecular Hbond substituents is 1. The van der Waals surface area contributed by atoms with Crippen LogP contribution in [0.5, 0.6) is 11.5 Å². The first-order valence-electron chi connectivity index (χ1n) is 4.29. The minimum absolute atomic E-state index is 0.189. The summed E-state index contributed by atoms with van der Waals surface area (Å²) in [5.41, 5.74) is 0. The van der Waals surface area contributed by atoms with E-state index in [-0.39, 0.29) is 5.75 Å². The molecule has 1 aromatic heterocycles. The van der Waals surface area contributed by atoms with E-state index in [4.69, 9.17) is 4.74 Å². The number of thiol groups is 1. The molecule has 0 unspecified atom stereocenters.